The van der Waals surface area contributed by atoms with Crippen molar-refractivity contribution in [2.24, 2.45) is 0 Å². The zero-order valence-electron chi connectivity index (χ0n) is 18.5. The van der Waals surface area contributed by atoms with E-state index >= 15 is 0 Å². The highest BCUT2D eigenvalue weighted by Gasteiger charge is 2.39. The molecule has 1 aromatic heterocycles. The highest BCUT2D eigenvalue weighted by atomic mass is 16.6. The Morgan fingerprint density at radius 3 is 2.38 bits per heavy atom. The first-order chi connectivity index (χ1) is 15.1. The van der Waals surface area contributed by atoms with Gasteiger partial charge in [-0.05, 0) is 39.8 Å². The van der Waals surface area contributed by atoms with E-state index in [0.717, 1.165) is 0 Å². The second-order valence-electron chi connectivity index (χ2n) is 9.01. The third-order valence-electron chi connectivity index (χ3n) is 5.22. The van der Waals surface area contributed by atoms with Gasteiger partial charge in [0, 0.05) is 13.1 Å². The fourth-order valence-electron chi connectivity index (χ4n) is 3.60. The lowest BCUT2D eigenvalue weighted by Crippen LogP contribution is -2.50. The third-order valence-corrected chi connectivity index (χ3v) is 5.22. The molecular formula is C22H26N4O6. The smallest absolute Gasteiger partial charge is 0.410 e. The highest BCUT2D eigenvalue weighted by Crippen LogP contribution is 2.28. The van der Waals surface area contributed by atoms with Gasteiger partial charge >= 0.3 is 6.09 Å². The highest BCUT2D eigenvalue weighted by molar-refractivity contribution is 6.21. The molecule has 0 bridgehead atoms. The van der Waals surface area contributed by atoms with Crippen LogP contribution in [-0.4, -0.2) is 69.2 Å². The first-order valence-electron chi connectivity index (χ1n) is 10.5. The van der Waals surface area contributed by atoms with Gasteiger partial charge in [-0.15, -0.1) is 10.2 Å². The number of nitrogens with zero attached hydrogens (tertiary/aromatic N) is 4. The molecule has 2 aliphatic rings. The molecule has 32 heavy (non-hydrogen) atoms. The molecule has 3 heterocycles. The van der Waals surface area contributed by atoms with Crippen LogP contribution >= 0.6 is 0 Å². The normalized spacial score (nSPS) is 17.4. The number of fused-ring (bicyclic) bond motifs is 1. The van der Waals surface area contributed by atoms with Gasteiger partial charge in [-0.3, -0.25) is 14.5 Å². The number of amides is 3. The van der Waals surface area contributed by atoms with Crippen molar-refractivity contribution in [3.05, 3.63) is 47.2 Å². The largest absolute Gasteiger partial charge is 0.444 e. The predicted octanol–water partition coefficient (Wildman–Crippen LogP) is 2.61. The van der Waals surface area contributed by atoms with Crippen molar-refractivity contribution in [2.75, 3.05) is 19.7 Å². The van der Waals surface area contributed by atoms with E-state index in [2.05, 4.69) is 10.2 Å². The molecule has 1 unspecified atom stereocenters. The maximum absolute atomic E-state index is 12.5. The Balaban J connectivity index is 1.24. The van der Waals surface area contributed by atoms with E-state index in [1.54, 1.807) is 36.1 Å². The van der Waals surface area contributed by atoms with Crippen molar-refractivity contribution >= 4 is 17.9 Å². The minimum absolute atomic E-state index is 0.0407. The summed E-state index contributed by atoms with van der Waals surface area (Å²) >= 11 is 0. The van der Waals surface area contributed by atoms with Crippen LogP contribution in [0, 0.1) is 0 Å². The number of ether oxygens (including phenoxy) is 2. The maximum atomic E-state index is 12.5. The summed E-state index contributed by atoms with van der Waals surface area (Å²) in [5.74, 6) is 0.0609. The molecule has 2 aromatic rings. The second kappa shape index (κ2) is 8.34. The fourth-order valence-corrected chi connectivity index (χ4v) is 3.60. The van der Waals surface area contributed by atoms with E-state index in [0.29, 0.717) is 36.0 Å². The average molecular weight is 442 g/mol. The number of hydrogen-bond acceptors (Lipinski definition) is 8. The summed E-state index contributed by atoms with van der Waals surface area (Å²) in [5, 5.41) is 8.02. The lowest BCUT2D eigenvalue weighted by Gasteiger charge is -2.37. The van der Waals surface area contributed by atoms with Gasteiger partial charge in [0.2, 0.25) is 11.8 Å². The molecule has 1 atom stereocenters. The quantitative estimate of drug-likeness (QED) is 0.627. The number of imide groups is 1. The second-order valence-corrected chi connectivity index (χ2v) is 9.01. The van der Waals surface area contributed by atoms with E-state index in [9.17, 15) is 14.4 Å². The number of carbonyl (C=O) groups is 3. The molecule has 10 nitrogen and oxygen atoms in total. The molecule has 0 aliphatic carbocycles. The van der Waals surface area contributed by atoms with Crippen LogP contribution < -0.4 is 0 Å². The molecule has 3 amide bonds. The van der Waals surface area contributed by atoms with Crippen molar-refractivity contribution < 1.29 is 28.3 Å². The summed E-state index contributed by atoms with van der Waals surface area (Å²) in [6.07, 6.45) is -0.362. The number of hydrogen-bond donors (Lipinski definition) is 0. The van der Waals surface area contributed by atoms with Gasteiger partial charge in [0.05, 0.1) is 29.7 Å². The number of aromatic nitrogens is 2. The fraction of sp³-hybridized carbons (Fsp3) is 0.500. The lowest BCUT2D eigenvalue weighted by atomic mass is 10.0. The summed E-state index contributed by atoms with van der Waals surface area (Å²) in [6, 6.07) is 6.31. The molecule has 0 N–H and O–H groups in total. The first-order valence-corrected chi connectivity index (χ1v) is 10.5. The molecule has 0 spiro atoms. The third kappa shape index (κ3) is 4.36. The van der Waals surface area contributed by atoms with Crippen molar-refractivity contribution in [2.45, 2.75) is 51.9 Å². The van der Waals surface area contributed by atoms with Crippen LogP contribution in [0.25, 0.3) is 0 Å². The molecule has 0 radical (unpaired) electrons. The van der Waals surface area contributed by atoms with Crippen molar-refractivity contribution in [3.8, 4) is 0 Å². The maximum Gasteiger partial charge on any atom is 0.410 e. The Kier molecular flexibility index (Phi) is 5.72. The minimum atomic E-state index is -0.540. The lowest BCUT2D eigenvalue weighted by molar-refractivity contribution is 0.00566. The van der Waals surface area contributed by atoms with Crippen LogP contribution in [0.3, 0.4) is 0 Å². The van der Waals surface area contributed by atoms with Gasteiger partial charge in [0.1, 0.15) is 12.2 Å². The Bertz CT molecular complexity index is 1000. The number of likely N-dealkylation sites (tertiary alicyclic amines) is 1. The van der Waals surface area contributed by atoms with Crippen LogP contribution in [0.2, 0.25) is 0 Å². The standard InChI is InChI=1S/C22H26N4O6/c1-13(26-19(27)15-7-5-6-8-16(15)20(26)28)11-30-12-17-23-24-18(31-17)14-9-25(10-14)21(29)32-22(2,3)4/h5-8,13-14H,9-12H2,1-4H3. The Morgan fingerprint density at radius 2 is 1.78 bits per heavy atom. The monoisotopic (exact) mass is 442 g/mol. The van der Waals surface area contributed by atoms with E-state index < -0.39 is 11.6 Å². The predicted molar refractivity (Wildman–Crippen MR) is 111 cm³/mol. The first kappa shape index (κ1) is 21.9. The van der Waals surface area contributed by atoms with Crippen molar-refractivity contribution in [3.63, 3.8) is 0 Å². The Morgan fingerprint density at radius 1 is 1.16 bits per heavy atom. The van der Waals surface area contributed by atoms with Gasteiger partial charge in [-0.2, -0.15) is 0 Å². The number of benzene rings is 1. The zero-order chi connectivity index (χ0) is 23.0. The van der Waals surface area contributed by atoms with Gasteiger partial charge in [0.25, 0.3) is 11.8 Å². The molecule has 1 saturated heterocycles. The van der Waals surface area contributed by atoms with Crippen LogP contribution in [-0.2, 0) is 16.1 Å². The van der Waals surface area contributed by atoms with Gasteiger partial charge in [0.15, 0.2) is 0 Å². The van der Waals surface area contributed by atoms with Crippen molar-refractivity contribution in [1.82, 2.24) is 20.0 Å². The average Bonchev–Trinajstić information content (AvgIpc) is 3.23. The Hall–Kier alpha value is -3.27. The summed E-state index contributed by atoms with van der Waals surface area (Å²) in [4.78, 5) is 39.9. The number of carbonyl (C=O) groups excluding carboxylic acids is 3. The molecule has 170 valence electrons. The summed E-state index contributed by atoms with van der Waals surface area (Å²) in [7, 11) is 0. The van der Waals surface area contributed by atoms with E-state index in [4.69, 9.17) is 13.9 Å². The molecule has 2 aliphatic heterocycles. The molecular weight excluding hydrogens is 416 g/mol. The molecule has 4 rings (SSSR count). The zero-order valence-corrected chi connectivity index (χ0v) is 18.5. The van der Waals surface area contributed by atoms with Crippen LogP contribution in [0.4, 0.5) is 4.79 Å². The molecule has 10 heteroatoms. The minimum Gasteiger partial charge on any atom is -0.444 e. The Labute approximate surface area is 185 Å². The van der Waals surface area contributed by atoms with Crippen LogP contribution in [0.5, 0.6) is 0 Å². The molecule has 1 fully saturated rings. The number of rotatable bonds is 6. The molecule has 1 aromatic carbocycles. The van der Waals surface area contributed by atoms with E-state index in [1.807, 2.05) is 20.8 Å². The molecule has 0 saturated carbocycles. The SMILES string of the molecule is CC(COCc1nnc(C2CN(C(=O)OC(C)(C)C)C2)o1)N1C(=O)c2ccccc2C1=O. The van der Waals surface area contributed by atoms with Gasteiger partial charge in [-0.1, -0.05) is 12.1 Å². The summed E-state index contributed by atoms with van der Waals surface area (Å²) in [5.41, 5.74) is 0.278. The van der Waals surface area contributed by atoms with Gasteiger partial charge in [-0.25, -0.2) is 4.79 Å². The van der Waals surface area contributed by atoms with E-state index in [-0.39, 0.29) is 37.0 Å². The topological polar surface area (TPSA) is 115 Å². The summed E-state index contributed by atoms with van der Waals surface area (Å²) in [6.45, 7) is 8.32. The summed E-state index contributed by atoms with van der Waals surface area (Å²) < 4.78 is 16.6. The van der Waals surface area contributed by atoms with Gasteiger partial charge < -0.3 is 18.8 Å². The van der Waals surface area contributed by atoms with Crippen LogP contribution in [0.1, 0.15) is 66.1 Å². The van der Waals surface area contributed by atoms with Crippen molar-refractivity contribution in [1.29, 1.82) is 0 Å². The van der Waals surface area contributed by atoms with E-state index in [1.165, 1.54) is 4.90 Å². The van der Waals surface area contributed by atoms with Crippen LogP contribution in [0.15, 0.2) is 28.7 Å².